The molecule has 0 unspecified atom stereocenters. The molecule has 0 spiro atoms. The van der Waals surface area contributed by atoms with Crippen molar-refractivity contribution < 1.29 is 55.4 Å². The number of carboxylic acids is 1. The Morgan fingerprint density at radius 2 is 1.36 bits per heavy atom. The number of hydrogen-bond acceptors (Lipinski definition) is 5. The molecule has 0 saturated heterocycles. The highest BCUT2D eigenvalue weighted by molar-refractivity contribution is 6.34. The number of anilines is 1. The molecular formula is C33H28F6N2O6. The number of carbonyl (C=O) groups is 5. The summed E-state index contributed by atoms with van der Waals surface area (Å²) in [5, 5.41) is 9.55. The molecule has 0 bridgehead atoms. The Hall–Kier alpha value is -5.01. The summed E-state index contributed by atoms with van der Waals surface area (Å²) in [7, 11) is 1.26. The highest BCUT2D eigenvalue weighted by Crippen LogP contribution is 2.57. The highest BCUT2D eigenvalue weighted by Gasteiger charge is 2.72. The first-order chi connectivity index (χ1) is 21.7. The van der Waals surface area contributed by atoms with Crippen molar-refractivity contribution in [3.8, 4) is 0 Å². The minimum atomic E-state index is -6.13. The predicted octanol–water partition coefficient (Wildman–Crippen LogP) is 7.01. The lowest BCUT2D eigenvalue weighted by atomic mass is 9.71. The molecule has 1 aliphatic rings. The van der Waals surface area contributed by atoms with Crippen molar-refractivity contribution in [3.63, 3.8) is 0 Å². The SMILES string of the molecule is CC(C)c1cc(C(=O)O)cc(N2C(=O)c3ccc(C(c4ccc(C=O)c(C(=O)N(C)C(C)C)c4)(C(F)(F)F)C(F)(F)F)cc3C2=O)c1. The first kappa shape index (κ1) is 34.9. The number of aromatic carboxylic acids is 1. The normalized spacial score (nSPS) is 13.8. The topological polar surface area (TPSA) is 112 Å². The maximum absolute atomic E-state index is 15.0. The van der Waals surface area contributed by atoms with Crippen LogP contribution in [0.4, 0.5) is 32.0 Å². The van der Waals surface area contributed by atoms with Gasteiger partial charge in [-0.3, -0.25) is 19.2 Å². The van der Waals surface area contributed by atoms with Crippen LogP contribution in [0.2, 0.25) is 0 Å². The van der Waals surface area contributed by atoms with E-state index in [0.717, 1.165) is 11.0 Å². The van der Waals surface area contributed by atoms with Crippen molar-refractivity contribution in [2.75, 3.05) is 11.9 Å². The third kappa shape index (κ3) is 5.65. The van der Waals surface area contributed by atoms with Crippen LogP contribution in [0.5, 0.6) is 0 Å². The van der Waals surface area contributed by atoms with Crippen LogP contribution in [0.25, 0.3) is 0 Å². The number of nitrogens with zero attached hydrogens (tertiary/aromatic N) is 2. The van der Waals surface area contributed by atoms with Gasteiger partial charge in [-0.05, 0) is 72.9 Å². The minimum absolute atomic E-state index is 0.131. The number of amides is 3. The molecule has 3 aromatic carbocycles. The summed E-state index contributed by atoms with van der Waals surface area (Å²) < 4.78 is 90.3. The number of hydrogen-bond donors (Lipinski definition) is 1. The molecule has 0 aliphatic carbocycles. The smallest absolute Gasteiger partial charge is 0.411 e. The van der Waals surface area contributed by atoms with Gasteiger partial charge in [-0.2, -0.15) is 26.3 Å². The fourth-order valence-corrected chi connectivity index (χ4v) is 5.41. The van der Waals surface area contributed by atoms with Gasteiger partial charge in [-0.1, -0.05) is 32.0 Å². The molecular weight excluding hydrogens is 634 g/mol. The molecule has 0 atom stereocenters. The van der Waals surface area contributed by atoms with Gasteiger partial charge >= 0.3 is 18.3 Å². The molecule has 0 radical (unpaired) electrons. The van der Waals surface area contributed by atoms with Crippen LogP contribution in [-0.4, -0.2) is 65.4 Å². The molecule has 8 nitrogen and oxygen atoms in total. The van der Waals surface area contributed by atoms with Crippen LogP contribution in [-0.2, 0) is 5.41 Å². The van der Waals surface area contributed by atoms with Gasteiger partial charge in [0.1, 0.15) is 0 Å². The van der Waals surface area contributed by atoms with Crippen molar-refractivity contribution >= 4 is 35.7 Å². The summed E-state index contributed by atoms with van der Waals surface area (Å²) in [4.78, 5) is 64.9. The van der Waals surface area contributed by atoms with Crippen molar-refractivity contribution in [2.24, 2.45) is 0 Å². The van der Waals surface area contributed by atoms with Gasteiger partial charge in [-0.25, -0.2) is 9.69 Å². The number of carboxylic acid groups (broad SMARTS) is 1. The number of halogens is 6. The predicted molar refractivity (Wildman–Crippen MR) is 157 cm³/mol. The van der Waals surface area contributed by atoms with Gasteiger partial charge in [0.05, 0.1) is 27.9 Å². The zero-order valence-electron chi connectivity index (χ0n) is 25.6. The van der Waals surface area contributed by atoms with Gasteiger partial charge in [0.25, 0.3) is 17.7 Å². The molecule has 1 aliphatic heterocycles. The van der Waals surface area contributed by atoms with Crippen LogP contribution in [0.15, 0.2) is 54.6 Å². The van der Waals surface area contributed by atoms with E-state index in [1.165, 1.54) is 19.2 Å². The Morgan fingerprint density at radius 3 is 1.87 bits per heavy atom. The molecule has 0 fully saturated rings. The van der Waals surface area contributed by atoms with E-state index in [-0.39, 0.29) is 23.5 Å². The van der Waals surface area contributed by atoms with Crippen molar-refractivity contribution in [1.82, 2.24) is 4.90 Å². The van der Waals surface area contributed by atoms with E-state index >= 15 is 26.3 Å². The molecule has 3 amide bonds. The molecule has 14 heteroatoms. The van der Waals surface area contributed by atoms with Crippen LogP contribution in [0.1, 0.15) is 102 Å². The first-order valence-corrected chi connectivity index (χ1v) is 14.1. The number of aldehydes is 1. The Labute approximate surface area is 264 Å². The van der Waals surface area contributed by atoms with Gasteiger partial charge in [0.15, 0.2) is 6.29 Å². The van der Waals surface area contributed by atoms with Gasteiger partial charge in [0.2, 0.25) is 5.41 Å². The fraction of sp³-hybridized carbons (Fsp3) is 0.303. The first-order valence-electron chi connectivity index (χ1n) is 14.1. The highest BCUT2D eigenvalue weighted by atomic mass is 19.4. The third-order valence-corrected chi connectivity index (χ3v) is 8.22. The summed E-state index contributed by atoms with van der Waals surface area (Å²) in [6.07, 6.45) is -12.1. The van der Waals surface area contributed by atoms with Crippen molar-refractivity contribution in [2.45, 2.75) is 57.4 Å². The monoisotopic (exact) mass is 662 g/mol. The van der Waals surface area contributed by atoms with E-state index < -0.39 is 80.9 Å². The molecule has 1 N–H and O–H groups in total. The van der Waals surface area contributed by atoms with Crippen molar-refractivity contribution in [1.29, 1.82) is 0 Å². The van der Waals surface area contributed by atoms with Crippen LogP contribution in [0.3, 0.4) is 0 Å². The zero-order chi connectivity index (χ0) is 35.4. The summed E-state index contributed by atoms with van der Waals surface area (Å²) in [6.45, 7) is 6.50. The van der Waals surface area contributed by atoms with E-state index in [1.807, 2.05) is 0 Å². The van der Waals surface area contributed by atoms with E-state index in [4.69, 9.17) is 0 Å². The van der Waals surface area contributed by atoms with E-state index in [1.54, 1.807) is 27.7 Å². The lowest BCUT2D eigenvalue weighted by Crippen LogP contribution is -2.55. The van der Waals surface area contributed by atoms with Gasteiger partial charge < -0.3 is 10.0 Å². The van der Waals surface area contributed by atoms with Crippen LogP contribution < -0.4 is 4.90 Å². The van der Waals surface area contributed by atoms with Crippen LogP contribution >= 0.6 is 0 Å². The molecule has 248 valence electrons. The average Bonchev–Trinajstić information content (AvgIpc) is 3.23. The largest absolute Gasteiger partial charge is 0.478 e. The molecule has 47 heavy (non-hydrogen) atoms. The lowest BCUT2D eigenvalue weighted by molar-refractivity contribution is -0.288. The Kier molecular flexibility index (Phi) is 8.88. The molecule has 0 saturated carbocycles. The Morgan fingerprint density at radius 1 is 0.809 bits per heavy atom. The van der Waals surface area contributed by atoms with E-state index in [2.05, 4.69) is 0 Å². The fourth-order valence-electron chi connectivity index (χ4n) is 5.41. The number of rotatable bonds is 8. The number of fused-ring (bicyclic) bond motifs is 1. The van der Waals surface area contributed by atoms with Crippen LogP contribution in [0, 0.1) is 0 Å². The summed E-state index contributed by atoms with van der Waals surface area (Å²) in [5.74, 6) is -5.04. The molecule has 3 aromatic rings. The number of carbonyl (C=O) groups excluding carboxylic acids is 4. The minimum Gasteiger partial charge on any atom is -0.478 e. The Bertz CT molecular complexity index is 1800. The summed E-state index contributed by atoms with van der Waals surface area (Å²) in [6, 6.07) is 6.01. The third-order valence-electron chi connectivity index (χ3n) is 8.22. The molecule has 4 rings (SSSR count). The second-order valence-corrected chi connectivity index (χ2v) is 11.7. The summed E-state index contributed by atoms with van der Waals surface area (Å²) >= 11 is 0. The number of alkyl halides is 6. The molecule has 1 heterocycles. The van der Waals surface area contributed by atoms with Gasteiger partial charge in [0, 0.05) is 18.7 Å². The maximum atomic E-state index is 15.0. The number of imide groups is 1. The maximum Gasteiger partial charge on any atom is 0.411 e. The summed E-state index contributed by atoms with van der Waals surface area (Å²) in [5.41, 5.74) is -10.3. The second kappa shape index (κ2) is 12.0. The average molecular weight is 663 g/mol. The zero-order valence-corrected chi connectivity index (χ0v) is 25.6. The van der Waals surface area contributed by atoms with E-state index in [9.17, 15) is 29.1 Å². The number of benzene rings is 3. The second-order valence-electron chi connectivity index (χ2n) is 11.7. The van der Waals surface area contributed by atoms with E-state index in [0.29, 0.717) is 46.9 Å². The lowest BCUT2D eigenvalue weighted by Gasteiger charge is -2.38. The Balaban J connectivity index is 1.98. The van der Waals surface area contributed by atoms with Gasteiger partial charge in [-0.15, -0.1) is 0 Å². The molecule has 0 aromatic heterocycles. The quantitative estimate of drug-likeness (QED) is 0.158. The standard InChI is InChI=1S/C33H28F6N2O6/c1-16(2)19-10-20(30(46)47)12-23(11-19)41-28(44)24-9-8-22(14-26(24)29(41)45)31(32(34,35)36,33(37,38)39)21-7-6-18(15-42)25(13-21)27(43)40(5)17(3)4/h6-17H,1-5H3,(H,46,47). The van der Waals surface area contributed by atoms with Crippen molar-refractivity contribution in [3.05, 3.63) is 99.1 Å².